The number of piperidine rings is 1. The monoisotopic (exact) mass is 455 g/mol. The van der Waals surface area contributed by atoms with Gasteiger partial charge in [-0.3, -0.25) is 9.47 Å². The number of likely N-dealkylation sites (tertiary alicyclic amines) is 1. The van der Waals surface area contributed by atoms with Gasteiger partial charge in [0.2, 0.25) is 5.75 Å². The van der Waals surface area contributed by atoms with Crippen LogP contribution in [0.1, 0.15) is 31.4 Å². The Kier molecular flexibility index (Phi) is 6.95. The van der Waals surface area contributed by atoms with Gasteiger partial charge in [-0.2, -0.15) is 0 Å². The SMILES string of the molecule is COc1cc(C(O)C(C)N2CCC(Cn3c(=O)[nH]c4ccccc43)CC2)cc(OC)c1OC. The van der Waals surface area contributed by atoms with Gasteiger partial charge in [-0.15, -0.1) is 0 Å². The van der Waals surface area contributed by atoms with Crippen molar-refractivity contribution in [3.05, 3.63) is 52.4 Å². The molecule has 0 spiro atoms. The molecule has 8 nitrogen and oxygen atoms in total. The van der Waals surface area contributed by atoms with E-state index in [0.717, 1.165) is 42.5 Å². The van der Waals surface area contributed by atoms with Crippen LogP contribution < -0.4 is 19.9 Å². The standard InChI is InChI=1S/C25H33N3O5/c1-16(23(29)18-13-21(31-2)24(33-4)22(14-18)32-3)27-11-9-17(10-12-27)15-28-20-8-6-5-7-19(20)26-25(28)30/h5-8,13-14,16-17,23,29H,9-12,15H2,1-4H3,(H,26,30). The molecule has 2 atom stereocenters. The van der Waals surface area contributed by atoms with Crippen LogP contribution in [-0.2, 0) is 6.54 Å². The number of methoxy groups -OCH3 is 3. The van der Waals surface area contributed by atoms with Crippen molar-refractivity contribution in [3.8, 4) is 17.2 Å². The van der Waals surface area contributed by atoms with Gasteiger partial charge in [0.05, 0.1) is 38.5 Å². The van der Waals surface area contributed by atoms with Gasteiger partial charge in [-0.1, -0.05) is 12.1 Å². The molecule has 1 saturated heterocycles. The number of H-pyrrole nitrogens is 1. The fraction of sp³-hybridized carbons (Fsp3) is 0.480. The average Bonchev–Trinajstić information content (AvgIpc) is 3.17. The molecule has 2 N–H and O–H groups in total. The molecule has 0 amide bonds. The Labute approximate surface area is 193 Å². The predicted molar refractivity (Wildman–Crippen MR) is 127 cm³/mol. The van der Waals surface area contributed by atoms with E-state index in [9.17, 15) is 9.90 Å². The molecule has 33 heavy (non-hydrogen) atoms. The smallest absolute Gasteiger partial charge is 0.326 e. The molecule has 0 radical (unpaired) electrons. The molecule has 1 aliphatic heterocycles. The Morgan fingerprint density at radius 1 is 1.06 bits per heavy atom. The molecule has 2 unspecified atom stereocenters. The maximum Gasteiger partial charge on any atom is 0.326 e. The number of benzene rings is 2. The first-order valence-electron chi connectivity index (χ1n) is 11.4. The van der Waals surface area contributed by atoms with Crippen molar-refractivity contribution in [3.63, 3.8) is 0 Å². The summed E-state index contributed by atoms with van der Waals surface area (Å²) in [6, 6.07) is 11.3. The number of nitrogens with one attached hydrogen (secondary N) is 1. The zero-order chi connectivity index (χ0) is 23.5. The molecule has 3 aromatic rings. The molecule has 2 aromatic carbocycles. The lowest BCUT2D eigenvalue weighted by molar-refractivity contribution is 0.0353. The number of aliphatic hydroxyl groups is 1. The molecule has 1 aliphatic rings. The highest BCUT2D eigenvalue weighted by atomic mass is 16.5. The number of hydrogen-bond acceptors (Lipinski definition) is 6. The highest BCUT2D eigenvalue weighted by Gasteiger charge is 2.29. The van der Waals surface area contributed by atoms with Gasteiger partial charge in [0.25, 0.3) is 0 Å². The second kappa shape index (κ2) is 9.89. The molecule has 1 fully saturated rings. The van der Waals surface area contributed by atoms with E-state index in [4.69, 9.17) is 14.2 Å². The van der Waals surface area contributed by atoms with Gasteiger partial charge in [0.1, 0.15) is 0 Å². The van der Waals surface area contributed by atoms with Crippen molar-refractivity contribution < 1.29 is 19.3 Å². The van der Waals surface area contributed by atoms with E-state index < -0.39 is 6.10 Å². The van der Waals surface area contributed by atoms with Crippen molar-refractivity contribution in [1.29, 1.82) is 0 Å². The zero-order valence-electron chi connectivity index (χ0n) is 19.7. The maximum atomic E-state index is 12.4. The number of aromatic nitrogens is 2. The Morgan fingerprint density at radius 2 is 1.70 bits per heavy atom. The minimum absolute atomic E-state index is 0.0511. The summed E-state index contributed by atoms with van der Waals surface area (Å²) in [6.07, 6.45) is 1.24. The number of fused-ring (bicyclic) bond motifs is 1. The number of para-hydroxylation sites is 2. The molecule has 0 aliphatic carbocycles. The number of imidazole rings is 1. The van der Waals surface area contributed by atoms with Gasteiger partial charge < -0.3 is 24.3 Å². The zero-order valence-corrected chi connectivity index (χ0v) is 19.7. The van der Waals surface area contributed by atoms with E-state index >= 15 is 0 Å². The highest BCUT2D eigenvalue weighted by molar-refractivity contribution is 5.74. The summed E-state index contributed by atoms with van der Waals surface area (Å²) in [7, 11) is 4.70. The van der Waals surface area contributed by atoms with Gasteiger partial charge in [0, 0.05) is 12.6 Å². The van der Waals surface area contributed by atoms with Crippen molar-refractivity contribution in [2.24, 2.45) is 5.92 Å². The lowest BCUT2D eigenvalue weighted by Gasteiger charge is -2.38. The summed E-state index contributed by atoms with van der Waals surface area (Å²) in [5.41, 5.74) is 2.51. The lowest BCUT2D eigenvalue weighted by atomic mass is 9.93. The van der Waals surface area contributed by atoms with Gasteiger partial charge >= 0.3 is 5.69 Å². The van der Waals surface area contributed by atoms with Crippen LogP contribution in [0.4, 0.5) is 0 Å². The van der Waals surface area contributed by atoms with Crippen LogP contribution in [0.5, 0.6) is 17.2 Å². The largest absolute Gasteiger partial charge is 0.493 e. The third-order valence-electron chi connectivity index (χ3n) is 6.83. The Balaban J connectivity index is 1.42. The molecule has 2 heterocycles. The summed E-state index contributed by atoms with van der Waals surface area (Å²) < 4.78 is 18.1. The fourth-order valence-corrected chi connectivity index (χ4v) is 4.84. The van der Waals surface area contributed by atoms with Crippen LogP contribution in [0.25, 0.3) is 11.0 Å². The van der Waals surface area contributed by atoms with Crippen LogP contribution in [0, 0.1) is 5.92 Å². The molecule has 4 rings (SSSR count). The van der Waals surface area contributed by atoms with E-state index in [2.05, 4.69) is 9.88 Å². The summed E-state index contributed by atoms with van der Waals surface area (Å²) in [5.74, 6) is 1.99. The second-order valence-corrected chi connectivity index (χ2v) is 8.68. The van der Waals surface area contributed by atoms with Crippen molar-refractivity contribution in [2.45, 2.75) is 38.5 Å². The number of aromatic amines is 1. The van der Waals surface area contributed by atoms with Crippen LogP contribution in [-0.4, -0.2) is 60.0 Å². The van der Waals surface area contributed by atoms with Crippen LogP contribution in [0.15, 0.2) is 41.2 Å². The number of aliphatic hydroxyl groups excluding tert-OH is 1. The molecular weight excluding hydrogens is 422 g/mol. The summed E-state index contributed by atoms with van der Waals surface area (Å²) in [6.45, 7) is 4.48. The maximum absolute atomic E-state index is 12.4. The fourth-order valence-electron chi connectivity index (χ4n) is 4.84. The van der Waals surface area contributed by atoms with E-state index in [1.807, 2.05) is 35.8 Å². The topological polar surface area (TPSA) is 89.0 Å². The molecular formula is C25H33N3O5. The Hall–Kier alpha value is -2.97. The minimum Gasteiger partial charge on any atom is -0.493 e. The first-order valence-corrected chi connectivity index (χ1v) is 11.4. The van der Waals surface area contributed by atoms with Gasteiger partial charge in [-0.05, 0) is 68.6 Å². The summed E-state index contributed by atoms with van der Waals surface area (Å²) in [5, 5.41) is 11.1. The minimum atomic E-state index is -0.702. The van der Waals surface area contributed by atoms with Crippen molar-refractivity contribution >= 4 is 11.0 Å². The first kappa shape index (κ1) is 23.2. The normalized spacial score (nSPS) is 17.1. The number of ether oxygens (including phenoxy) is 3. The molecule has 0 bridgehead atoms. The third kappa shape index (κ3) is 4.58. The number of hydrogen-bond donors (Lipinski definition) is 2. The summed E-state index contributed by atoms with van der Waals surface area (Å²) >= 11 is 0. The van der Waals surface area contributed by atoms with E-state index in [-0.39, 0.29) is 11.7 Å². The second-order valence-electron chi connectivity index (χ2n) is 8.68. The van der Waals surface area contributed by atoms with Gasteiger partial charge in [0.15, 0.2) is 11.5 Å². The molecule has 178 valence electrons. The van der Waals surface area contributed by atoms with Crippen LogP contribution in [0.2, 0.25) is 0 Å². The molecule has 8 heteroatoms. The lowest BCUT2D eigenvalue weighted by Crippen LogP contribution is -2.43. The summed E-state index contributed by atoms with van der Waals surface area (Å²) in [4.78, 5) is 17.7. The highest BCUT2D eigenvalue weighted by Crippen LogP contribution is 2.40. The van der Waals surface area contributed by atoms with Crippen LogP contribution >= 0.6 is 0 Å². The Morgan fingerprint density at radius 3 is 2.30 bits per heavy atom. The Bertz CT molecular complexity index is 1120. The predicted octanol–water partition coefficient (Wildman–Crippen LogP) is 3.19. The first-order chi connectivity index (χ1) is 16.0. The average molecular weight is 456 g/mol. The molecule has 0 saturated carbocycles. The van der Waals surface area contributed by atoms with Crippen LogP contribution in [0.3, 0.4) is 0 Å². The van der Waals surface area contributed by atoms with Gasteiger partial charge in [-0.25, -0.2) is 4.79 Å². The van der Waals surface area contributed by atoms with E-state index in [1.165, 1.54) is 0 Å². The molecule has 1 aromatic heterocycles. The number of nitrogens with zero attached hydrogens (tertiary/aromatic N) is 2. The third-order valence-corrected chi connectivity index (χ3v) is 6.83. The van der Waals surface area contributed by atoms with Crippen molar-refractivity contribution in [1.82, 2.24) is 14.5 Å². The quantitative estimate of drug-likeness (QED) is 0.542. The number of rotatable bonds is 8. The van der Waals surface area contributed by atoms with Crippen molar-refractivity contribution in [2.75, 3.05) is 34.4 Å². The van der Waals surface area contributed by atoms with E-state index in [0.29, 0.717) is 29.7 Å². The van der Waals surface area contributed by atoms with E-state index in [1.54, 1.807) is 33.5 Å².